The van der Waals surface area contributed by atoms with Gasteiger partial charge in [0.25, 0.3) is 0 Å². The molecule has 0 radical (unpaired) electrons. The predicted octanol–water partition coefficient (Wildman–Crippen LogP) is 0.556. The van der Waals surface area contributed by atoms with E-state index >= 15 is 0 Å². The van der Waals surface area contributed by atoms with E-state index < -0.39 is 5.97 Å². The van der Waals surface area contributed by atoms with Crippen LogP contribution in [0.25, 0.3) is 0 Å². The van der Waals surface area contributed by atoms with Gasteiger partial charge in [-0.05, 0) is 12.1 Å². The molecule has 6 heteroatoms. The van der Waals surface area contributed by atoms with Crippen molar-refractivity contribution in [3.05, 3.63) is 21.9 Å². The van der Waals surface area contributed by atoms with Gasteiger partial charge in [0.2, 0.25) is 0 Å². The highest BCUT2D eigenvalue weighted by Crippen LogP contribution is 2.19. The smallest absolute Gasteiger partial charge is 0.345 e. The van der Waals surface area contributed by atoms with E-state index in [4.69, 9.17) is 10.2 Å². The van der Waals surface area contributed by atoms with Crippen LogP contribution in [0, 0.1) is 0 Å². The zero-order chi connectivity index (χ0) is 13.0. The van der Waals surface area contributed by atoms with E-state index in [0.717, 1.165) is 44.1 Å². The second-order valence-electron chi connectivity index (χ2n) is 4.41. The van der Waals surface area contributed by atoms with E-state index in [0.29, 0.717) is 4.88 Å². The van der Waals surface area contributed by atoms with E-state index in [1.807, 2.05) is 6.07 Å². The molecular formula is C12H18N2O3S. The summed E-state index contributed by atoms with van der Waals surface area (Å²) in [6.45, 7) is 5.67. The topological polar surface area (TPSA) is 64.0 Å². The second-order valence-corrected chi connectivity index (χ2v) is 5.58. The number of aromatic carboxylic acids is 1. The number of aliphatic hydroxyl groups is 1. The molecule has 0 spiro atoms. The minimum absolute atomic E-state index is 0.215. The third kappa shape index (κ3) is 3.52. The highest BCUT2D eigenvalue weighted by atomic mass is 32.1. The minimum atomic E-state index is -0.848. The van der Waals surface area contributed by atoms with Gasteiger partial charge in [-0.1, -0.05) is 0 Å². The number of carboxylic acid groups (broad SMARTS) is 1. The normalized spacial score (nSPS) is 18.1. The lowest BCUT2D eigenvalue weighted by Gasteiger charge is -2.34. The van der Waals surface area contributed by atoms with Gasteiger partial charge in [0, 0.05) is 44.1 Å². The summed E-state index contributed by atoms with van der Waals surface area (Å²) in [5.74, 6) is -0.848. The Labute approximate surface area is 110 Å². The van der Waals surface area contributed by atoms with Crippen LogP contribution in [0.5, 0.6) is 0 Å². The van der Waals surface area contributed by atoms with Crippen molar-refractivity contribution in [1.82, 2.24) is 9.80 Å². The molecule has 0 amide bonds. The van der Waals surface area contributed by atoms with Gasteiger partial charge in [0.05, 0.1) is 6.61 Å². The molecule has 5 nitrogen and oxygen atoms in total. The summed E-state index contributed by atoms with van der Waals surface area (Å²) >= 11 is 1.35. The van der Waals surface area contributed by atoms with Crippen LogP contribution >= 0.6 is 11.3 Å². The first-order valence-corrected chi connectivity index (χ1v) is 6.88. The van der Waals surface area contributed by atoms with E-state index in [1.165, 1.54) is 11.3 Å². The van der Waals surface area contributed by atoms with Crippen molar-refractivity contribution in [3.63, 3.8) is 0 Å². The Morgan fingerprint density at radius 3 is 2.44 bits per heavy atom. The van der Waals surface area contributed by atoms with Crippen molar-refractivity contribution in [2.24, 2.45) is 0 Å². The number of hydrogen-bond donors (Lipinski definition) is 2. The zero-order valence-electron chi connectivity index (χ0n) is 10.2. The average Bonchev–Trinajstić information content (AvgIpc) is 2.81. The van der Waals surface area contributed by atoms with E-state index in [2.05, 4.69) is 9.80 Å². The van der Waals surface area contributed by atoms with Gasteiger partial charge >= 0.3 is 5.97 Å². The predicted molar refractivity (Wildman–Crippen MR) is 70.1 cm³/mol. The molecule has 18 heavy (non-hydrogen) atoms. The third-order valence-corrected chi connectivity index (χ3v) is 4.19. The van der Waals surface area contributed by atoms with E-state index in [9.17, 15) is 4.79 Å². The number of thiophene rings is 1. The minimum Gasteiger partial charge on any atom is -0.477 e. The quantitative estimate of drug-likeness (QED) is 0.818. The molecule has 100 valence electrons. The lowest BCUT2D eigenvalue weighted by molar-refractivity contribution is 0.0702. The summed E-state index contributed by atoms with van der Waals surface area (Å²) in [5, 5.41) is 17.7. The Balaban J connectivity index is 1.82. The number of aliphatic hydroxyl groups excluding tert-OH is 1. The average molecular weight is 270 g/mol. The maximum absolute atomic E-state index is 10.8. The zero-order valence-corrected chi connectivity index (χ0v) is 11.0. The van der Waals surface area contributed by atoms with Crippen molar-refractivity contribution < 1.29 is 15.0 Å². The Morgan fingerprint density at radius 2 is 1.89 bits per heavy atom. The van der Waals surface area contributed by atoms with Crippen LogP contribution in [0.1, 0.15) is 14.5 Å². The molecule has 1 aromatic rings. The number of β-amino-alcohol motifs (C(OH)–C–C–N with tert-alkyl or cyclic N) is 1. The van der Waals surface area contributed by atoms with Gasteiger partial charge in [0.15, 0.2) is 0 Å². The van der Waals surface area contributed by atoms with Crippen LogP contribution < -0.4 is 0 Å². The fourth-order valence-corrected chi connectivity index (χ4v) is 3.00. The molecule has 2 rings (SSSR count). The summed E-state index contributed by atoms with van der Waals surface area (Å²) in [5.41, 5.74) is 0. The molecule has 0 atom stereocenters. The van der Waals surface area contributed by atoms with E-state index in [-0.39, 0.29) is 6.61 Å². The van der Waals surface area contributed by atoms with Gasteiger partial charge in [0.1, 0.15) is 4.88 Å². The van der Waals surface area contributed by atoms with E-state index in [1.54, 1.807) is 6.07 Å². The molecule has 1 fully saturated rings. The van der Waals surface area contributed by atoms with Crippen molar-refractivity contribution >= 4 is 17.3 Å². The van der Waals surface area contributed by atoms with Crippen LogP contribution in [0.3, 0.4) is 0 Å². The summed E-state index contributed by atoms with van der Waals surface area (Å²) in [6, 6.07) is 3.57. The third-order valence-electron chi connectivity index (χ3n) is 3.13. The van der Waals surface area contributed by atoms with Gasteiger partial charge in [-0.2, -0.15) is 0 Å². The molecule has 0 aromatic carbocycles. The molecular weight excluding hydrogens is 252 g/mol. The monoisotopic (exact) mass is 270 g/mol. The van der Waals surface area contributed by atoms with Crippen LogP contribution in [-0.4, -0.2) is 65.3 Å². The Morgan fingerprint density at radius 1 is 1.22 bits per heavy atom. The fourth-order valence-electron chi connectivity index (χ4n) is 2.11. The summed E-state index contributed by atoms with van der Waals surface area (Å²) < 4.78 is 0. The summed E-state index contributed by atoms with van der Waals surface area (Å²) in [4.78, 5) is 16.9. The molecule has 1 aromatic heterocycles. The van der Waals surface area contributed by atoms with Crippen LogP contribution in [0.4, 0.5) is 0 Å². The number of nitrogens with zero attached hydrogens (tertiary/aromatic N) is 2. The summed E-state index contributed by atoms with van der Waals surface area (Å²) in [7, 11) is 0. The van der Waals surface area contributed by atoms with Crippen LogP contribution in [-0.2, 0) is 6.54 Å². The largest absolute Gasteiger partial charge is 0.477 e. The molecule has 0 unspecified atom stereocenters. The van der Waals surface area contributed by atoms with Crippen LogP contribution in [0.15, 0.2) is 12.1 Å². The van der Waals surface area contributed by atoms with Crippen molar-refractivity contribution in [3.8, 4) is 0 Å². The molecule has 0 saturated carbocycles. The highest BCUT2D eigenvalue weighted by molar-refractivity contribution is 7.13. The molecule has 1 saturated heterocycles. The molecule has 1 aliphatic heterocycles. The highest BCUT2D eigenvalue weighted by Gasteiger charge is 2.17. The van der Waals surface area contributed by atoms with Gasteiger partial charge in [-0.15, -0.1) is 11.3 Å². The van der Waals surface area contributed by atoms with Gasteiger partial charge < -0.3 is 10.2 Å². The molecule has 1 aliphatic rings. The summed E-state index contributed by atoms with van der Waals surface area (Å²) in [6.07, 6.45) is 0. The molecule has 0 aliphatic carbocycles. The van der Waals surface area contributed by atoms with Gasteiger partial charge in [-0.3, -0.25) is 9.80 Å². The molecule has 0 bridgehead atoms. The Kier molecular flexibility index (Phi) is 4.71. The lowest BCUT2D eigenvalue weighted by atomic mass is 10.3. The standard InChI is InChI=1S/C12H18N2O3S/c15-8-7-13-3-5-14(6-4-13)9-10-1-2-11(18-10)12(16)17/h1-2,15H,3-9H2,(H,16,17). The number of rotatable bonds is 5. The Hall–Kier alpha value is -0.950. The lowest BCUT2D eigenvalue weighted by Crippen LogP contribution is -2.46. The number of carboxylic acids is 1. The van der Waals surface area contributed by atoms with Crippen molar-refractivity contribution in [1.29, 1.82) is 0 Å². The fraction of sp³-hybridized carbons (Fsp3) is 0.583. The van der Waals surface area contributed by atoms with Gasteiger partial charge in [-0.25, -0.2) is 4.79 Å². The number of hydrogen-bond acceptors (Lipinski definition) is 5. The first-order valence-electron chi connectivity index (χ1n) is 6.06. The second kappa shape index (κ2) is 6.29. The number of piperazine rings is 1. The first kappa shape index (κ1) is 13.5. The van der Waals surface area contributed by atoms with Crippen molar-refractivity contribution in [2.75, 3.05) is 39.3 Å². The first-order chi connectivity index (χ1) is 8.69. The maximum Gasteiger partial charge on any atom is 0.345 e. The number of carbonyl (C=O) groups is 1. The maximum atomic E-state index is 10.8. The van der Waals surface area contributed by atoms with Crippen molar-refractivity contribution in [2.45, 2.75) is 6.54 Å². The molecule has 2 heterocycles. The Bertz CT molecular complexity index is 400. The molecule has 2 N–H and O–H groups in total. The van der Waals surface area contributed by atoms with Crippen LogP contribution in [0.2, 0.25) is 0 Å². The SMILES string of the molecule is O=C(O)c1ccc(CN2CCN(CCO)CC2)s1.